The Bertz CT molecular complexity index is 439. The van der Waals surface area contributed by atoms with E-state index in [4.69, 9.17) is 9.84 Å². The van der Waals surface area contributed by atoms with E-state index in [9.17, 15) is 9.59 Å². The molecule has 1 aromatic rings. The average molecular weight is 265 g/mol. The maximum absolute atomic E-state index is 11.8. The Labute approximate surface area is 112 Å². The minimum absolute atomic E-state index is 0.0659. The van der Waals surface area contributed by atoms with Crippen molar-refractivity contribution >= 4 is 11.9 Å². The lowest BCUT2D eigenvalue weighted by Gasteiger charge is -2.13. The van der Waals surface area contributed by atoms with Crippen molar-refractivity contribution in [1.82, 2.24) is 5.32 Å². The number of amides is 1. The molecule has 1 aromatic carbocycles. The van der Waals surface area contributed by atoms with Gasteiger partial charge in [-0.05, 0) is 44.5 Å². The van der Waals surface area contributed by atoms with Crippen molar-refractivity contribution in [3.63, 3.8) is 0 Å². The van der Waals surface area contributed by atoms with Crippen molar-refractivity contribution in [3.8, 4) is 5.75 Å². The molecule has 0 fully saturated rings. The van der Waals surface area contributed by atoms with Crippen LogP contribution in [0.15, 0.2) is 24.3 Å². The molecule has 0 aliphatic heterocycles. The summed E-state index contributed by atoms with van der Waals surface area (Å²) in [5.41, 5.74) is 0.413. The lowest BCUT2D eigenvalue weighted by atomic mass is 10.1. The molecule has 0 saturated heterocycles. The molecule has 5 nitrogen and oxygen atoms in total. The second-order valence-corrected chi connectivity index (χ2v) is 4.46. The van der Waals surface area contributed by atoms with Crippen molar-refractivity contribution in [2.75, 3.05) is 0 Å². The van der Waals surface area contributed by atoms with E-state index in [0.29, 0.717) is 17.7 Å². The van der Waals surface area contributed by atoms with Gasteiger partial charge < -0.3 is 15.2 Å². The van der Waals surface area contributed by atoms with E-state index >= 15 is 0 Å². The highest BCUT2D eigenvalue weighted by Gasteiger charge is 2.18. The molecule has 5 heteroatoms. The molecular weight excluding hydrogens is 246 g/mol. The van der Waals surface area contributed by atoms with Gasteiger partial charge in [0.1, 0.15) is 11.8 Å². The highest BCUT2D eigenvalue weighted by molar-refractivity contribution is 5.96. The summed E-state index contributed by atoms with van der Waals surface area (Å²) in [6, 6.07) is 5.75. The van der Waals surface area contributed by atoms with Crippen molar-refractivity contribution in [2.45, 2.75) is 39.3 Å². The number of benzene rings is 1. The Kier molecular flexibility index (Phi) is 5.36. The lowest BCUT2D eigenvalue weighted by Crippen LogP contribution is -2.40. The highest BCUT2D eigenvalue weighted by atomic mass is 16.5. The number of ether oxygens (including phenoxy) is 1. The van der Waals surface area contributed by atoms with Gasteiger partial charge in [0, 0.05) is 5.56 Å². The smallest absolute Gasteiger partial charge is 0.326 e. The summed E-state index contributed by atoms with van der Waals surface area (Å²) in [5, 5.41) is 11.3. The van der Waals surface area contributed by atoms with Crippen LogP contribution in [0.25, 0.3) is 0 Å². The Morgan fingerprint density at radius 2 is 1.84 bits per heavy atom. The first-order valence-electron chi connectivity index (χ1n) is 6.24. The molecular formula is C14H19NO4. The number of hydrogen-bond donors (Lipinski definition) is 2. The van der Waals surface area contributed by atoms with Gasteiger partial charge in [-0.3, -0.25) is 4.79 Å². The second-order valence-electron chi connectivity index (χ2n) is 4.46. The first-order valence-corrected chi connectivity index (χ1v) is 6.24. The molecule has 0 aromatic heterocycles. The van der Waals surface area contributed by atoms with Crippen LogP contribution in [0.2, 0.25) is 0 Å². The van der Waals surface area contributed by atoms with Crippen LogP contribution in [0.4, 0.5) is 0 Å². The maximum atomic E-state index is 11.8. The number of hydrogen-bond acceptors (Lipinski definition) is 3. The molecule has 19 heavy (non-hydrogen) atoms. The minimum Gasteiger partial charge on any atom is -0.491 e. The van der Waals surface area contributed by atoms with Crippen molar-refractivity contribution in [3.05, 3.63) is 29.8 Å². The molecule has 1 atom stereocenters. The van der Waals surface area contributed by atoms with E-state index in [-0.39, 0.29) is 6.10 Å². The number of carbonyl (C=O) groups excluding carboxylic acids is 1. The molecule has 0 bridgehead atoms. The van der Waals surface area contributed by atoms with Crippen molar-refractivity contribution in [1.29, 1.82) is 0 Å². The third kappa shape index (κ3) is 4.62. The Hall–Kier alpha value is -2.04. The zero-order valence-electron chi connectivity index (χ0n) is 11.3. The van der Waals surface area contributed by atoms with Gasteiger partial charge in [-0.2, -0.15) is 0 Å². The van der Waals surface area contributed by atoms with Crippen LogP contribution in [0.5, 0.6) is 5.75 Å². The SMILES string of the molecule is CC[C@@H](NC(=O)c1ccc(OC(C)C)cc1)C(=O)O. The van der Waals surface area contributed by atoms with Crippen LogP contribution in [-0.2, 0) is 4.79 Å². The molecule has 0 spiro atoms. The van der Waals surface area contributed by atoms with E-state index in [1.807, 2.05) is 13.8 Å². The molecule has 2 N–H and O–H groups in total. The zero-order chi connectivity index (χ0) is 14.4. The monoisotopic (exact) mass is 265 g/mol. The van der Waals surface area contributed by atoms with Gasteiger partial charge in [-0.1, -0.05) is 6.92 Å². The van der Waals surface area contributed by atoms with E-state index in [0.717, 1.165) is 0 Å². The van der Waals surface area contributed by atoms with E-state index in [1.54, 1.807) is 31.2 Å². The van der Waals surface area contributed by atoms with Crippen molar-refractivity contribution < 1.29 is 19.4 Å². The fraction of sp³-hybridized carbons (Fsp3) is 0.429. The fourth-order valence-electron chi connectivity index (χ4n) is 1.54. The fourth-order valence-corrected chi connectivity index (χ4v) is 1.54. The summed E-state index contributed by atoms with van der Waals surface area (Å²) in [4.78, 5) is 22.7. The third-order valence-electron chi connectivity index (χ3n) is 2.50. The number of rotatable bonds is 6. The van der Waals surface area contributed by atoms with Gasteiger partial charge in [0.2, 0.25) is 0 Å². The molecule has 0 aliphatic rings. The minimum atomic E-state index is -1.03. The summed E-state index contributed by atoms with van der Waals surface area (Å²) in [6.45, 7) is 5.54. The van der Waals surface area contributed by atoms with Crippen LogP contribution in [0.3, 0.4) is 0 Å². The van der Waals surface area contributed by atoms with Gasteiger partial charge in [0.25, 0.3) is 5.91 Å². The number of carbonyl (C=O) groups is 2. The number of carboxylic acid groups (broad SMARTS) is 1. The zero-order valence-corrected chi connectivity index (χ0v) is 11.3. The highest BCUT2D eigenvalue weighted by Crippen LogP contribution is 2.14. The molecule has 1 amide bonds. The molecule has 104 valence electrons. The Morgan fingerprint density at radius 3 is 2.26 bits per heavy atom. The summed E-state index contributed by atoms with van der Waals surface area (Å²) in [5.74, 6) is -0.752. The average Bonchev–Trinajstić information content (AvgIpc) is 2.35. The van der Waals surface area contributed by atoms with Crippen LogP contribution in [-0.4, -0.2) is 29.1 Å². The normalized spacial score (nSPS) is 12.0. The Morgan fingerprint density at radius 1 is 1.26 bits per heavy atom. The van der Waals surface area contributed by atoms with E-state index in [1.165, 1.54) is 0 Å². The molecule has 0 radical (unpaired) electrons. The molecule has 1 rings (SSSR count). The maximum Gasteiger partial charge on any atom is 0.326 e. The molecule has 0 saturated carbocycles. The largest absolute Gasteiger partial charge is 0.491 e. The first-order chi connectivity index (χ1) is 8.93. The third-order valence-corrected chi connectivity index (χ3v) is 2.50. The summed E-state index contributed by atoms with van der Waals surface area (Å²) < 4.78 is 5.46. The number of carboxylic acids is 1. The van der Waals surface area contributed by atoms with Gasteiger partial charge in [0.05, 0.1) is 6.10 Å². The molecule has 0 aliphatic carbocycles. The van der Waals surface area contributed by atoms with Gasteiger partial charge >= 0.3 is 5.97 Å². The summed E-state index contributed by atoms with van der Waals surface area (Å²) in [6.07, 6.45) is 0.409. The van der Waals surface area contributed by atoms with Crippen LogP contribution in [0, 0.1) is 0 Å². The number of nitrogens with one attached hydrogen (secondary N) is 1. The van der Waals surface area contributed by atoms with Crippen LogP contribution < -0.4 is 10.1 Å². The Balaban J connectivity index is 2.70. The standard InChI is InChI=1S/C14H19NO4/c1-4-12(14(17)18)15-13(16)10-5-7-11(8-6-10)19-9(2)3/h5-9,12H,4H2,1-3H3,(H,15,16)(H,17,18)/t12-/m1/s1. The second kappa shape index (κ2) is 6.78. The van der Waals surface area contributed by atoms with Crippen molar-refractivity contribution in [2.24, 2.45) is 0 Å². The predicted octanol–water partition coefficient (Wildman–Crippen LogP) is 2.07. The molecule has 0 unspecified atom stereocenters. The van der Waals surface area contributed by atoms with E-state index < -0.39 is 17.9 Å². The predicted molar refractivity (Wildman–Crippen MR) is 71.4 cm³/mol. The lowest BCUT2D eigenvalue weighted by molar-refractivity contribution is -0.139. The quantitative estimate of drug-likeness (QED) is 0.825. The van der Waals surface area contributed by atoms with Gasteiger partial charge in [-0.15, -0.1) is 0 Å². The topological polar surface area (TPSA) is 75.6 Å². The van der Waals surface area contributed by atoms with Gasteiger partial charge in [-0.25, -0.2) is 4.79 Å². The van der Waals surface area contributed by atoms with Crippen LogP contribution in [0.1, 0.15) is 37.6 Å². The summed E-state index contributed by atoms with van der Waals surface area (Å²) in [7, 11) is 0. The van der Waals surface area contributed by atoms with Gasteiger partial charge in [0.15, 0.2) is 0 Å². The summed E-state index contributed by atoms with van der Waals surface area (Å²) >= 11 is 0. The van der Waals surface area contributed by atoms with E-state index in [2.05, 4.69) is 5.32 Å². The molecule has 0 heterocycles. The van der Waals surface area contributed by atoms with Crippen LogP contribution >= 0.6 is 0 Å². The first kappa shape index (κ1) is 15.0. The number of aliphatic carboxylic acids is 1.